The Labute approximate surface area is 159 Å². The van der Waals surface area contributed by atoms with Crippen LogP contribution in [0.5, 0.6) is 0 Å². The van der Waals surface area contributed by atoms with Gasteiger partial charge in [-0.2, -0.15) is 0 Å². The number of allylic oxidation sites excluding steroid dienone is 2. The highest BCUT2D eigenvalue weighted by atomic mass is 79.9. The van der Waals surface area contributed by atoms with Crippen LogP contribution in [0.2, 0.25) is 0 Å². The molecule has 1 aliphatic carbocycles. The van der Waals surface area contributed by atoms with Crippen molar-refractivity contribution in [1.29, 1.82) is 0 Å². The molecule has 1 N–H and O–H groups in total. The first kappa shape index (κ1) is 17.9. The van der Waals surface area contributed by atoms with Crippen molar-refractivity contribution in [3.63, 3.8) is 0 Å². The second kappa shape index (κ2) is 6.23. The van der Waals surface area contributed by atoms with Gasteiger partial charge in [0.15, 0.2) is 4.51 Å². The Hall–Kier alpha value is 0.580. The summed E-state index contributed by atoms with van der Waals surface area (Å²) in [7, 11) is 0. The summed E-state index contributed by atoms with van der Waals surface area (Å²) < 4.78 is 1.75. The van der Waals surface area contributed by atoms with Gasteiger partial charge >= 0.3 is 0 Å². The molecule has 0 aliphatic heterocycles. The Kier molecular flexibility index (Phi) is 5.32. The molecule has 0 amide bonds. The molecule has 0 aromatic heterocycles. The quantitative estimate of drug-likeness (QED) is 0.391. The molecule has 1 aromatic rings. The fourth-order valence-corrected chi connectivity index (χ4v) is 5.67. The Morgan fingerprint density at radius 3 is 2.24 bits per heavy atom. The summed E-state index contributed by atoms with van der Waals surface area (Å²) in [5.74, 6) is -0.0203. The monoisotopic (exact) mass is 540 g/mol. The number of aliphatic hydroxyl groups is 1. The molecule has 2 unspecified atom stereocenters. The fraction of sp³-hybridized carbons (Fsp3) is 0.375. The van der Waals surface area contributed by atoms with E-state index in [-0.39, 0.29) is 5.92 Å². The Morgan fingerprint density at radius 1 is 1.10 bits per heavy atom. The van der Waals surface area contributed by atoms with Crippen molar-refractivity contribution in [2.24, 2.45) is 5.92 Å². The standard InChI is InChI=1S/C16H16Br4O/c1-7-5-6-11(17)12(14(7)18)13-15(19)9(3)8(2)10(4)16(13,20)21/h5-6,10,21H,1-4H3. The maximum absolute atomic E-state index is 11.1. The van der Waals surface area contributed by atoms with Crippen molar-refractivity contribution in [2.75, 3.05) is 0 Å². The number of hydrogen-bond donors (Lipinski definition) is 1. The largest absolute Gasteiger partial charge is 0.374 e. The van der Waals surface area contributed by atoms with Gasteiger partial charge in [-0.05, 0) is 69.8 Å². The van der Waals surface area contributed by atoms with E-state index in [0.717, 1.165) is 30.1 Å². The highest BCUT2D eigenvalue weighted by Crippen LogP contribution is 2.53. The maximum Gasteiger partial charge on any atom is 0.152 e. The lowest BCUT2D eigenvalue weighted by Gasteiger charge is -2.38. The molecule has 1 nitrogen and oxygen atoms in total. The minimum atomic E-state index is -1.12. The summed E-state index contributed by atoms with van der Waals surface area (Å²) in [4.78, 5) is 0. The van der Waals surface area contributed by atoms with E-state index < -0.39 is 4.51 Å². The average Bonchev–Trinajstić information content (AvgIpc) is 2.43. The lowest BCUT2D eigenvalue weighted by molar-refractivity contribution is 0.158. The Bertz CT molecular complexity index is 671. The average molecular weight is 544 g/mol. The van der Waals surface area contributed by atoms with Gasteiger partial charge in [-0.1, -0.05) is 50.4 Å². The number of hydrogen-bond acceptors (Lipinski definition) is 1. The van der Waals surface area contributed by atoms with Crippen molar-refractivity contribution in [2.45, 2.75) is 32.2 Å². The predicted octanol–water partition coefficient (Wildman–Crippen LogP) is 6.70. The molecule has 0 saturated carbocycles. The van der Waals surface area contributed by atoms with Crippen molar-refractivity contribution in [3.8, 4) is 0 Å². The fourth-order valence-electron chi connectivity index (χ4n) is 2.51. The van der Waals surface area contributed by atoms with Crippen molar-refractivity contribution < 1.29 is 5.11 Å². The zero-order chi connectivity index (χ0) is 16.1. The number of benzene rings is 1. The first-order valence-corrected chi connectivity index (χ1v) is 9.72. The molecule has 0 saturated heterocycles. The third-order valence-electron chi connectivity index (χ3n) is 4.25. The van der Waals surface area contributed by atoms with E-state index in [0.29, 0.717) is 0 Å². The van der Waals surface area contributed by atoms with Gasteiger partial charge < -0.3 is 5.11 Å². The minimum absolute atomic E-state index is 0.0203. The Morgan fingerprint density at radius 2 is 1.67 bits per heavy atom. The third-order valence-corrected chi connectivity index (χ3v) is 8.01. The number of aryl methyl sites for hydroxylation is 1. The van der Waals surface area contributed by atoms with Gasteiger partial charge in [0.1, 0.15) is 0 Å². The normalized spacial score (nSPS) is 26.6. The van der Waals surface area contributed by atoms with E-state index >= 15 is 0 Å². The van der Waals surface area contributed by atoms with E-state index in [1.165, 1.54) is 11.1 Å². The topological polar surface area (TPSA) is 20.2 Å². The lowest BCUT2D eigenvalue weighted by atomic mass is 9.80. The van der Waals surface area contributed by atoms with Crippen LogP contribution in [0.25, 0.3) is 5.57 Å². The van der Waals surface area contributed by atoms with Crippen LogP contribution in [0.1, 0.15) is 31.9 Å². The minimum Gasteiger partial charge on any atom is -0.374 e. The van der Waals surface area contributed by atoms with E-state index in [4.69, 9.17) is 0 Å². The maximum atomic E-state index is 11.1. The van der Waals surface area contributed by atoms with Gasteiger partial charge in [0, 0.05) is 30.5 Å². The zero-order valence-electron chi connectivity index (χ0n) is 12.2. The van der Waals surface area contributed by atoms with Crippen LogP contribution in [0, 0.1) is 12.8 Å². The number of alkyl halides is 1. The van der Waals surface area contributed by atoms with Crippen LogP contribution in [-0.4, -0.2) is 9.62 Å². The van der Waals surface area contributed by atoms with Crippen LogP contribution in [-0.2, 0) is 0 Å². The van der Waals surface area contributed by atoms with Gasteiger partial charge in [0.25, 0.3) is 0 Å². The van der Waals surface area contributed by atoms with Gasteiger partial charge in [0.2, 0.25) is 0 Å². The molecule has 5 heteroatoms. The summed E-state index contributed by atoms with van der Waals surface area (Å²) in [6.45, 7) is 8.22. The molecule has 1 aliphatic rings. The smallest absolute Gasteiger partial charge is 0.152 e. The third kappa shape index (κ3) is 2.89. The highest BCUT2D eigenvalue weighted by Gasteiger charge is 2.43. The Balaban J connectivity index is 2.87. The molecular weight excluding hydrogens is 528 g/mol. The lowest BCUT2D eigenvalue weighted by Crippen LogP contribution is -2.35. The van der Waals surface area contributed by atoms with Gasteiger partial charge in [-0.3, -0.25) is 0 Å². The highest BCUT2D eigenvalue weighted by molar-refractivity contribution is 9.12. The number of halogens is 4. The molecule has 0 fully saturated rings. The SMILES string of the molecule is CC1=C(C)C(C)C(O)(Br)C(c2c(Br)ccc(C)c2Br)=C1Br. The summed E-state index contributed by atoms with van der Waals surface area (Å²) in [6.07, 6.45) is 0. The molecule has 2 atom stereocenters. The van der Waals surface area contributed by atoms with Gasteiger partial charge in [-0.15, -0.1) is 0 Å². The molecule has 2 rings (SSSR count). The molecule has 21 heavy (non-hydrogen) atoms. The summed E-state index contributed by atoms with van der Waals surface area (Å²) in [5.41, 5.74) is 5.29. The van der Waals surface area contributed by atoms with Crippen LogP contribution in [0.3, 0.4) is 0 Å². The van der Waals surface area contributed by atoms with Gasteiger partial charge in [0.05, 0.1) is 0 Å². The number of rotatable bonds is 1. The molecule has 114 valence electrons. The predicted molar refractivity (Wildman–Crippen MR) is 104 cm³/mol. The molecule has 0 spiro atoms. The first-order valence-electron chi connectivity index (χ1n) is 6.54. The van der Waals surface area contributed by atoms with E-state index in [9.17, 15) is 5.11 Å². The molecule has 1 aromatic carbocycles. The summed E-state index contributed by atoms with van der Waals surface area (Å²) in [5, 5.41) is 11.1. The van der Waals surface area contributed by atoms with Gasteiger partial charge in [-0.25, -0.2) is 0 Å². The first-order chi connectivity index (χ1) is 9.60. The molecule has 0 heterocycles. The van der Waals surface area contributed by atoms with Crippen LogP contribution in [0.15, 0.2) is 36.7 Å². The van der Waals surface area contributed by atoms with E-state index in [1.807, 2.05) is 26.0 Å². The van der Waals surface area contributed by atoms with Crippen LogP contribution < -0.4 is 0 Å². The van der Waals surface area contributed by atoms with E-state index in [1.54, 1.807) is 0 Å². The second-order valence-electron chi connectivity index (χ2n) is 5.45. The van der Waals surface area contributed by atoms with Crippen molar-refractivity contribution >= 4 is 69.3 Å². The molecule has 0 radical (unpaired) electrons. The summed E-state index contributed by atoms with van der Waals surface area (Å²) >= 11 is 14.5. The van der Waals surface area contributed by atoms with Crippen molar-refractivity contribution in [1.82, 2.24) is 0 Å². The van der Waals surface area contributed by atoms with Crippen LogP contribution in [0.4, 0.5) is 0 Å². The van der Waals surface area contributed by atoms with E-state index in [2.05, 4.69) is 77.6 Å². The van der Waals surface area contributed by atoms with Crippen molar-refractivity contribution in [3.05, 3.63) is 47.8 Å². The molecular formula is C16H16Br4O. The second-order valence-corrected chi connectivity index (χ2v) is 9.09. The molecule has 0 bridgehead atoms. The summed E-state index contributed by atoms with van der Waals surface area (Å²) in [6, 6.07) is 4.05. The van der Waals surface area contributed by atoms with Crippen LogP contribution >= 0.6 is 63.7 Å². The zero-order valence-corrected chi connectivity index (χ0v) is 18.5.